The number of nitrogens with zero attached hydrogens (tertiary/aromatic N) is 1. The van der Waals surface area contributed by atoms with E-state index in [4.69, 9.17) is 4.74 Å². The molecule has 1 saturated carbocycles. The van der Waals surface area contributed by atoms with Crippen molar-refractivity contribution in [2.45, 2.75) is 70.0 Å². The second kappa shape index (κ2) is 7.23. The molecule has 0 radical (unpaired) electrons. The SMILES string of the molecule is CCCC#C[C@@](O)(C(=O)O[C@H]1CN2CCC1CC2)C1CCCC1. The van der Waals surface area contributed by atoms with Crippen LogP contribution in [0.25, 0.3) is 0 Å². The van der Waals surface area contributed by atoms with Crippen molar-refractivity contribution in [3.63, 3.8) is 0 Å². The summed E-state index contributed by atoms with van der Waals surface area (Å²) in [6, 6.07) is 0. The van der Waals surface area contributed by atoms with Gasteiger partial charge in [-0.25, -0.2) is 4.79 Å². The summed E-state index contributed by atoms with van der Waals surface area (Å²) >= 11 is 0. The lowest BCUT2D eigenvalue weighted by atomic mass is 9.84. The zero-order chi connectivity index (χ0) is 16.3. The number of ether oxygens (including phenoxy) is 1. The first-order valence-corrected chi connectivity index (χ1v) is 9.29. The number of hydrogen-bond acceptors (Lipinski definition) is 4. The Hall–Kier alpha value is -1.05. The fourth-order valence-corrected chi connectivity index (χ4v) is 4.26. The van der Waals surface area contributed by atoms with Crippen LogP contribution < -0.4 is 0 Å². The van der Waals surface area contributed by atoms with E-state index >= 15 is 0 Å². The van der Waals surface area contributed by atoms with E-state index in [-0.39, 0.29) is 12.0 Å². The molecule has 2 bridgehead atoms. The van der Waals surface area contributed by atoms with Crippen molar-refractivity contribution in [1.29, 1.82) is 0 Å². The number of aliphatic hydroxyl groups is 1. The average molecular weight is 319 g/mol. The highest BCUT2D eigenvalue weighted by molar-refractivity contribution is 5.84. The molecule has 0 aromatic carbocycles. The molecule has 0 aromatic heterocycles. The van der Waals surface area contributed by atoms with Crippen molar-refractivity contribution in [3.8, 4) is 11.8 Å². The fourth-order valence-electron chi connectivity index (χ4n) is 4.26. The molecule has 3 heterocycles. The number of unbranched alkanes of at least 4 members (excludes halogenated alkanes) is 1. The summed E-state index contributed by atoms with van der Waals surface area (Å²) in [6.45, 7) is 5.10. The molecule has 0 unspecified atom stereocenters. The molecule has 2 atom stereocenters. The molecule has 1 N–H and O–H groups in total. The Labute approximate surface area is 139 Å². The molecule has 4 nitrogen and oxygen atoms in total. The van der Waals surface area contributed by atoms with Crippen LogP contribution in [-0.4, -0.2) is 47.3 Å². The number of hydrogen-bond donors (Lipinski definition) is 1. The van der Waals surface area contributed by atoms with Gasteiger partial charge >= 0.3 is 5.97 Å². The minimum absolute atomic E-state index is 0.0640. The molecule has 0 spiro atoms. The number of carbonyl (C=O) groups excluding carboxylic acids is 1. The summed E-state index contributed by atoms with van der Waals surface area (Å²) in [5.41, 5.74) is -1.60. The Morgan fingerprint density at radius 2 is 1.96 bits per heavy atom. The number of carbonyl (C=O) groups is 1. The van der Waals surface area contributed by atoms with Crippen LogP contribution >= 0.6 is 0 Å². The topological polar surface area (TPSA) is 49.8 Å². The quantitative estimate of drug-likeness (QED) is 0.638. The van der Waals surface area contributed by atoms with Gasteiger partial charge in [-0.2, -0.15) is 0 Å². The number of rotatable bonds is 4. The summed E-state index contributed by atoms with van der Waals surface area (Å²) in [5, 5.41) is 11.0. The third-order valence-electron chi connectivity index (χ3n) is 5.77. The predicted molar refractivity (Wildman–Crippen MR) is 88.6 cm³/mol. The first-order valence-electron chi connectivity index (χ1n) is 9.29. The zero-order valence-electron chi connectivity index (χ0n) is 14.2. The van der Waals surface area contributed by atoms with Gasteiger partial charge < -0.3 is 9.84 Å². The first-order chi connectivity index (χ1) is 11.1. The average Bonchev–Trinajstić information content (AvgIpc) is 3.11. The van der Waals surface area contributed by atoms with Crippen LogP contribution in [-0.2, 0) is 9.53 Å². The van der Waals surface area contributed by atoms with E-state index in [0.29, 0.717) is 12.3 Å². The Bertz CT molecular complexity index is 481. The molecule has 3 saturated heterocycles. The van der Waals surface area contributed by atoms with E-state index in [0.717, 1.165) is 64.6 Å². The molecule has 4 heteroatoms. The van der Waals surface area contributed by atoms with Crippen molar-refractivity contribution in [3.05, 3.63) is 0 Å². The molecule has 4 rings (SSSR count). The summed E-state index contributed by atoms with van der Waals surface area (Å²) in [4.78, 5) is 15.2. The Morgan fingerprint density at radius 1 is 1.26 bits per heavy atom. The van der Waals surface area contributed by atoms with Crippen molar-refractivity contribution < 1.29 is 14.6 Å². The molecule has 3 aliphatic heterocycles. The smallest absolute Gasteiger partial charge is 0.351 e. The largest absolute Gasteiger partial charge is 0.458 e. The van der Waals surface area contributed by atoms with Crippen LogP contribution in [0.4, 0.5) is 0 Å². The monoisotopic (exact) mass is 319 g/mol. The molecule has 1 aliphatic carbocycles. The molecule has 128 valence electrons. The van der Waals surface area contributed by atoms with E-state index < -0.39 is 11.6 Å². The van der Waals surface area contributed by atoms with E-state index in [1.807, 2.05) is 0 Å². The van der Waals surface area contributed by atoms with Gasteiger partial charge in [-0.3, -0.25) is 4.90 Å². The third kappa shape index (κ3) is 3.56. The second-order valence-corrected chi connectivity index (χ2v) is 7.38. The zero-order valence-corrected chi connectivity index (χ0v) is 14.2. The van der Waals surface area contributed by atoms with Crippen molar-refractivity contribution in [2.75, 3.05) is 19.6 Å². The maximum atomic E-state index is 12.8. The van der Waals surface area contributed by atoms with Gasteiger partial charge in [0, 0.05) is 18.9 Å². The van der Waals surface area contributed by atoms with Gasteiger partial charge in [0.2, 0.25) is 5.60 Å². The van der Waals surface area contributed by atoms with Crippen LogP contribution in [0.5, 0.6) is 0 Å². The Morgan fingerprint density at radius 3 is 2.52 bits per heavy atom. The Balaban J connectivity index is 1.71. The van der Waals surface area contributed by atoms with Gasteiger partial charge in [-0.15, -0.1) is 0 Å². The van der Waals surface area contributed by atoms with Crippen LogP contribution in [0.1, 0.15) is 58.3 Å². The van der Waals surface area contributed by atoms with Crippen molar-refractivity contribution in [2.24, 2.45) is 11.8 Å². The van der Waals surface area contributed by atoms with E-state index in [1.165, 1.54) is 0 Å². The minimum Gasteiger partial charge on any atom is -0.458 e. The normalized spacial score (nSPS) is 32.9. The lowest BCUT2D eigenvalue weighted by Crippen LogP contribution is -2.55. The number of piperidine rings is 3. The highest BCUT2D eigenvalue weighted by atomic mass is 16.6. The lowest BCUT2D eigenvalue weighted by molar-refractivity contribution is -0.178. The lowest BCUT2D eigenvalue weighted by Gasteiger charge is -2.44. The summed E-state index contributed by atoms with van der Waals surface area (Å²) < 4.78 is 5.80. The van der Waals surface area contributed by atoms with Gasteiger partial charge in [-0.05, 0) is 51.1 Å². The van der Waals surface area contributed by atoms with E-state index in [1.54, 1.807) is 0 Å². The maximum absolute atomic E-state index is 12.8. The van der Waals surface area contributed by atoms with Crippen molar-refractivity contribution in [1.82, 2.24) is 4.90 Å². The first kappa shape index (κ1) is 16.8. The minimum atomic E-state index is -1.60. The third-order valence-corrected chi connectivity index (χ3v) is 5.77. The second-order valence-electron chi connectivity index (χ2n) is 7.38. The van der Waals surface area contributed by atoms with Crippen LogP contribution in [0, 0.1) is 23.7 Å². The summed E-state index contributed by atoms with van der Waals surface area (Å²) in [5.74, 6) is 5.78. The Kier molecular flexibility index (Phi) is 5.28. The summed E-state index contributed by atoms with van der Waals surface area (Å²) in [6.07, 6.45) is 7.64. The van der Waals surface area contributed by atoms with E-state index in [9.17, 15) is 9.90 Å². The molecule has 23 heavy (non-hydrogen) atoms. The summed E-state index contributed by atoms with van der Waals surface area (Å²) in [7, 11) is 0. The molecule has 0 amide bonds. The van der Waals surface area contributed by atoms with Gasteiger partial charge in [0.05, 0.1) is 0 Å². The van der Waals surface area contributed by atoms with Gasteiger partial charge in [-0.1, -0.05) is 31.6 Å². The number of fused-ring (bicyclic) bond motifs is 3. The van der Waals surface area contributed by atoms with Gasteiger partial charge in [0.25, 0.3) is 0 Å². The molecule has 0 aromatic rings. The standard InChI is InChI=1S/C19H29NO3/c1-2-3-6-11-19(22,16-7-4-5-8-16)18(21)23-17-14-20-12-9-15(17)10-13-20/h15-17,22H,2-5,7-10,12-14H2,1H3/t17-,19-/m0/s1. The van der Waals surface area contributed by atoms with Crippen molar-refractivity contribution >= 4 is 5.97 Å². The van der Waals surface area contributed by atoms with Gasteiger partial charge in [0.1, 0.15) is 6.10 Å². The highest BCUT2D eigenvalue weighted by Crippen LogP contribution is 2.36. The van der Waals surface area contributed by atoms with E-state index in [2.05, 4.69) is 23.7 Å². The molecular formula is C19H29NO3. The molecular weight excluding hydrogens is 290 g/mol. The van der Waals surface area contributed by atoms with Crippen LogP contribution in [0.3, 0.4) is 0 Å². The molecule has 4 fully saturated rings. The molecule has 4 aliphatic rings. The maximum Gasteiger partial charge on any atom is 0.351 e. The highest BCUT2D eigenvalue weighted by Gasteiger charge is 2.47. The fraction of sp³-hybridized carbons (Fsp3) is 0.842. The number of esters is 1. The van der Waals surface area contributed by atoms with Gasteiger partial charge in [0.15, 0.2) is 0 Å². The van der Waals surface area contributed by atoms with Crippen LogP contribution in [0.2, 0.25) is 0 Å². The van der Waals surface area contributed by atoms with Crippen LogP contribution in [0.15, 0.2) is 0 Å². The predicted octanol–water partition coefficient (Wildman–Crippen LogP) is 2.35.